The molecule has 0 atom stereocenters. The highest BCUT2D eigenvalue weighted by Gasteiger charge is 2.27. The normalized spacial score (nSPS) is 11.3. The highest BCUT2D eigenvalue weighted by molar-refractivity contribution is 8.00. The fourth-order valence-corrected chi connectivity index (χ4v) is 1.89. The van der Waals surface area contributed by atoms with E-state index >= 15 is 0 Å². The molecule has 3 N–H and O–H groups in total. The van der Waals surface area contributed by atoms with E-state index in [0.29, 0.717) is 12.1 Å². The van der Waals surface area contributed by atoms with Crippen LogP contribution in [0.4, 0.5) is 18.9 Å². The number of carbonyl (C=O) groups excluding carboxylic acids is 1. The molecule has 7 heteroatoms. The third kappa shape index (κ3) is 6.95. The number of benzene rings is 1. The van der Waals surface area contributed by atoms with Gasteiger partial charge in [0.15, 0.2) is 0 Å². The van der Waals surface area contributed by atoms with Crippen molar-refractivity contribution in [2.45, 2.75) is 18.3 Å². The zero-order chi connectivity index (χ0) is 14.3. The molecular weight excluding hydrogens is 277 g/mol. The second kappa shape index (κ2) is 7.28. The lowest BCUT2D eigenvalue weighted by molar-refractivity contribution is -0.120. The summed E-state index contributed by atoms with van der Waals surface area (Å²) in [5, 5.41) is 2.44. The van der Waals surface area contributed by atoms with E-state index in [9.17, 15) is 18.0 Å². The maximum absolute atomic E-state index is 11.8. The van der Waals surface area contributed by atoms with E-state index < -0.39 is 5.51 Å². The summed E-state index contributed by atoms with van der Waals surface area (Å²) >= 11 is -0.142. The van der Waals surface area contributed by atoms with Crippen molar-refractivity contribution in [3.05, 3.63) is 29.8 Å². The van der Waals surface area contributed by atoms with E-state index in [1.165, 1.54) is 0 Å². The summed E-state index contributed by atoms with van der Waals surface area (Å²) in [6, 6.07) is 7.19. The number of alkyl halides is 3. The number of halogens is 3. The van der Waals surface area contributed by atoms with Crippen molar-refractivity contribution in [1.29, 1.82) is 0 Å². The van der Waals surface area contributed by atoms with Crippen LogP contribution in [0.25, 0.3) is 0 Å². The number of nitrogen functional groups attached to an aromatic ring is 1. The minimum absolute atomic E-state index is 0.00722. The van der Waals surface area contributed by atoms with E-state index in [-0.39, 0.29) is 36.4 Å². The van der Waals surface area contributed by atoms with Gasteiger partial charge in [0.05, 0.1) is 0 Å². The highest BCUT2D eigenvalue weighted by atomic mass is 32.2. The Morgan fingerprint density at radius 3 is 2.63 bits per heavy atom. The van der Waals surface area contributed by atoms with Crippen LogP contribution >= 0.6 is 11.8 Å². The van der Waals surface area contributed by atoms with Gasteiger partial charge in [-0.1, -0.05) is 18.2 Å². The molecule has 0 aromatic heterocycles. The lowest BCUT2D eigenvalue weighted by Gasteiger charge is -2.08. The Kier molecular flexibility index (Phi) is 6.01. The van der Waals surface area contributed by atoms with Crippen molar-refractivity contribution >= 4 is 23.4 Å². The van der Waals surface area contributed by atoms with Gasteiger partial charge in [-0.15, -0.1) is 0 Å². The van der Waals surface area contributed by atoms with Crippen LogP contribution in [-0.2, 0) is 11.2 Å². The zero-order valence-corrected chi connectivity index (χ0v) is 11.0. The fourth-order valence-electron chi connectivity index (χ4n) is 1.46. The van der Waals surface area contributed by atoms with Crippen molar-refractivity contribution in [3.63, 3.8) is 0 Å². The Morgan fingerprint density at radius 2 is 2.00 bits per heavy atom. The number of anilines is 1. The third-order valence-electron chi connectivity index (χ3n) is 2.37. The van der Waals surface area contributed by atoms with E-state index in [1.807, 2.05) is 12.1 Å². The first kappa shape index (κ1) is 15.7. The van der Waals surface area contributed by atoms with Gasteiger partial charge < -0.3 is 11.1 Å². The number of thioether (sulfide) groups is 1. The lowest BCUT2D eigenvalue weighted by Crippen LogP contribution is -2.26. The number of hydrogen-bond acceptors (Lipinski definition) is 3. The van der Waals surface area contributed by atoms with Crippen LogP contribution in [0.2, 0.25) is 0 Å². The summed E-state index contributed by atoms with van der Waals surface area (Å²) in [5.74, 6) is -0.450. The predicted molar refractivity (Wildman–Crippen MR) is 70.7 cm³/mol. The van der Waals surface area contributed by atoms with Crippen LogP contribution in [-0.4, -0.2) is 23.7 Å². The molecule has 0 saturated heterocycles. The molecule has 106 valence electrons. The maximum atomic E-state index is 11.8. The van der Waals surface area contributed by atoms with Crippen LogP contribution in [0.15, 0.2) is 24.3 Å². The monoisotopic (exact) mass is 292 g/mol. The van der Waals surface area contributed by atoms with Crippen molar-refractivity contribution in [3.8, 4) is 0 Å². The molecule has 0 heterocycles. The quantitative estimate of drug-likeness (QED) is 0.626. The molecule has 0 unspecified atom stereocenters. The number of amides is 1. The molecular formula is C12H15F3N2OS. The average molecular weight is 292 g/mol. The number of carbonyl (C=O) groups is 1. The van der Waals surface area contributed by atoms with Crippen LogP contribution in [0.5, 0.6) is 0 Å². The van der Waals surface area contributed by atoms with Gasteiger partial charge >= 0.3 is 5.51 Å². The van der Waals surface area contributed by atoms with E-state index in [4.69, 9.17) is 5.73 Å². The van der Waals surface area contributed by atoms with Crippen molar-refractivity contribution in [1.82, 2.24) is 5.32 Å². The van der Waals surface area contributed by atoms with E-state index in [2.05, 4.69) is 5.32 Å². The average Bonchev–Trinajstić information content (AvgIpc) is 2.32. The minimum atomic E-state index is -4.25. The summed E-state index contributed by atoms with van der Waals surface area (Å²) in [6.45, 7) is 0.00722. The van der Waals surface area contributed by atoms with Gasteiger partial charge in [0, 0.05) is 24.4 Å². The first-order valence-electron chi connectivity index (χ1n) is 5.69. The molecule has 0 bridgehead atoms. The highest BCUT2D eigenvalue weighted by Crippen LogP contribution is 2.29. The smallest absolute Gasteiger partial charge is 0.399 e. The SMILES string of the molecule is Nc1ccccc1CCC(=O)NCCSC(F)(F)F. The van der Waals surface area contributed by atoms with Gasteiger partial charge in [-0.25, -0.2) is 0 Å². The van der Waals surface area contributed by atoms with Crippen LogP contribution < -0.4 is 11.1 Å². The molecule has 3 nitrogen and oxygen atoms in total. The summed E-state index contributed by atoms with van der Waals surface area (Å²) in [6.07, 6.45) is 0.690. The predicted octanol–water partition coefficient (Wildman–Crippen LogP) is 2.57. The molecule has 0 radical (unpaired) electrons. The Balaban J connectivity index is 2.20. The first-order valence-corrected chi connectivity index (χ1v) is 6.68. The van der Waals surface area contributed by atoms with Crippen molar-refractivity contribution < 1.29 is 18.0 Å². The molecule has 0 aliphatic rings. The number of nitrogens with two attached hydrogens (primary N) is 1. The van der Waals surface area contributed by atoms with Gasteiger partial charge in [-0.2, -0.15) is 13.2 Å². The molecule has 19 heavy (non-hydrogen) atoms. The zero-order valence-electron chi connectivity index (χ0n) is 10.2. The van der Waals surface area contributed by atoms with Gasteiger partial charge in [0.25, 0.3) is 0 Å². The van der Waals surface area contributed by atoms with Gasteiger partial charge in [-0.3, -0.25) is 4.79 Å². The molecule has 1 rings (SSSR count). The minimum Gasteiger partial charge on any atom is -0.399 e. The van der Waals surface area contributed by atoms with Crippen molar-refractivity contribution in [2.75, 3.05) is 18.0 Å². The van der Waals surface area contributed by atoms with Crippen LogP contribution in [0.3, 0.4) is 0 Å². The van der Waals surface area contributed by atoms with Crippen LogP contribution in [0, 0.1) is 0 Å². The van der Waals surface area contributed by atoms with Crippen LogP contribution in [0.1, 0.15) is 12.0 Å². The summed E-state index contributed by atoms with van der Waals surface area (Å²) < 4.78 is 35.5. The van der Waals surface area contributed by atoms with Gasteiger partial charge in [0.2, 0.25) is 5.91 Å². The second-order valence-electron chi connectivity index (χ2n) is 3.84. The summed E-state index contributed by atoms with van der Waals surface area (Å²) in [7, 11) is 0. The topological polar surface area (TPSA) is 55.1 Å². The molecule has 1 aromatic rings. The Bertz CT molecular complexity index is 424. The lowest BCUT2D eigenvalue weighted by atomic mass is 10.1. The molecule has 1 aromatic carbocycles. The van der Waals surface area contributed by atoms with E-state index in [0.717, 1.165) is 5.56 Å². The largest absolute Gasteiger partial charge is 0.441 e. The third-order valence-corrected chi connectivity index (χ3v) is 3.10. The Hall–Kier alpha value is -1.37. The fraction of sp³-hybridized carbons (Fsp3) is 0.417. The number of rotatable bonds is 6. The number of aryl methyl sites for hydroxylation is 1. The standard InChI is InChI=1S/C12H15F3N2OS/c13-12(14,15)19-8-7-17-11(18)6-5-9-3-1-2-4-10(9)16/h1-4H,5-8,16H2,(H,17,18). The first-order chi connectivity index (χ1) is 8.88. The van der Waals surface area contributed by atoms with Crippen molar-refractivity contribution in [2.24, 2.45) is 0 Å². The molecule has 0 aliphatic heterocycles. The Morgan fingerprint density at radius 1 is 1.32 bits per heavy atom. The molecule has 0 spiro atoms. The molecule has 1 amide bonds. The summed E-state index contributed by atoms with van der Waals surface area (Å²) in [5.41, 5.74) is 2.95. The second-order valence-corrected chi connectivity index (χ2v) is 5.00. The molecule has 0 fully saturated rings. The summed E-state index contributed by atoms with van der Waals surface area (Å²) in [4.78, 5) is 11.4. The van der Waals surface area contributed by atoms with E-state index in [1.54, 1.807) is 12.1 Å². The van der Waals surface area contributed by atoms with Gasteiger partial charge in [-0.05, 0) is 29.8 Å². The number of para-hydroxylation sites is 1. The van der Waals surface area contributed by atoms with Gasteiger partial charge in [0.1, 0.15) is 0 Å². The number of hydrogen-bond donors (Lipinski definition) is 2. The maximum Gasteiger partial charge on any atom is 0.441 e. The molecule has 0 saturated carbocycles. The number of nitrogens with one attached hydrogen (secondary N) is 1. The molecule has 0 aliphatic carbocycles. The Labute approximate surface area is 113 Å².